The van der Waals surface area contributed by atoms with Crippen LogP contribution in [0.3, 0.4) is 0 Å². The second kappa shape index (κ2) is 4.70. The van der Waals surface area contributed by atoms with E-state index in [1.807, 2.05) is 26.0 Å². The van der Waals surface area contributed by atoms with Gasteiger partial charge in [-0.2, -0.15) is 5.10 Å². The Morgan fingerprint density at radius 2 is 1.79 bits per heavy atom. The summed E-state index contributed by atoms with van der Waals surface area (Å²) in [5.74, 6) is 0. The average Bonchev–Trinajstić information content (AvgIpc) is 2.64. The standard InChI is InChI=1S/C13H17N3O2S/c1-8-5-6-12(7-9(8)2)16-19(17,18)13-10(3)14-15-11(13)4/h5-7,16H,1-4H3,(H,14,15). The van der Waals surface area contributed by atoms with Gasteiger partial charge in [-0.05, 0) is 51.0 Å². The molecule has 6 heteroatoms. The molecule has 0 aliphatic rings. The van der Waals surface area contributed by atoms with Crippen LogP contribution in [0, 0.1) is 27.7 Å². The second-order valence-corrected chi connectivity index (χ2v) is 6.29. The predicted molar refractivity (Wildman–Crippen MR) is 74.8 cm³/mol. The van der Waals surface area contributed by atoms with Crippen LogP contribution in [0.4, 0.5) is 5.69 Å². The number of anilines is 1. The number of aromatic amines is 1. The van der Waals surface area contributed by atoms with Crippen LogP contribution in [0.25, 0.3) is 0 Å². The van der Waals surface area contributed by atoms with Crippen molar-refractivity contribution in [3.8, 4) is 0 Å². The fraction of sp³-hybridized carbons (Fsp3) is 0.308. The highest BCUT2D eigenvalue weighted by Gasteiger charge is 2.22. The summed E-state index contributed by atoms with van der Waals surface area (Å²) < 4.78 is 27.2. The first-order chi connectivity index (χ1) is 8.81. The number of benzene rings is 1. The molecule has 1 aromatic carbocycles. The molecule has 0 radical (unpaired) electrons. The Bertz CT molecular complexity index is 698. The quantitative estimate of drug-likeness (QED) is 0.906. The molecule has 0 amide bonds. The van der Waals surface area contributed by atoms with E-state index < -0.39 is 10.0 Å². The van der Waals surface area contributed by atoms with Crippen LogP contribution in [0.15, 0.2) is 23.1 Å². The minimum Gasteiger partial charge on any atom is -0.281 e. The van der Waals surface area contributed by atoms with Gasteiger partial charge in [-0.3, -0.25) is 9.82 Å². The normalized spacial score (nSPS) is 11.6. The van der Waals surface area contributed by atoms with Gasteiger partial charge in [0, 0.05) is 5.69 Å². The number of hydrogen-bond donors (Lipinski definition) is 2. The Morgan fingerprint density at radius 1 is 1.11 bits per heavy atom. The molecular formula is C13H17N3O2S. The Morgan fingerprint density at radius 3 is 2.32 bits per heavy atom. The number of aromatic nitrogens is 2. The molecule has 0 saturated carbocycles. The lowest BCUT2D eigenvalue weighted by Crippen LogP contribution is -2.14. The number of nitrogens with zero attached hydrogens (tertiary/aromatic N) is 1. The van der Waals surface area contributed by atoms with Gasteiger partial charge in [-0.1, -0.05) is 6.07 Å². The first-order valence-corrected chi connectivity index (χ1v) is 7.41. The number of H-pyrrole nitrogens is 1. The molecule has 1 heterocycles. The van der Waals surface area contributed by atoms with Crippen molar-refractivity contribution in [2.45, 2.75) is 32.6 Å². The van der Waals surface area contributed by atoms with Crippen molar-refractivity contribution < 1.29 is 8.42 Å². The van der Waals surface area contributed by atoms with E-state index in [0.717, 1.165) is 11.1 Å². The molecule has 19 heavy (non-hydrogen) atoms. The monoisotopic (exact) mass is 279 g/mol. The molecular weight excluding hydrogens is 262 g/mol. The van der Waals surface area contributed by atoms with Gasteiger partial charge in [-0.15, -0.1) is 0 Å². The van der Waals surface area contributed by atoms with Gasteiger partial charge in [0.25, 0.3) is 10.0 Å². The van der Waals surface area contributed by atoms with E-state index in [1.165, 1.54) is 0 Å². The van der Waals surface area contributed by atoms with E-state index >= 15 is 0 Å². The minimum absolute atomic E-state index is 0.214. The second-order valence-electron chi connectivity index (χ2n) is 4.67. The van der Waals surface area contributed by atoms with E-state index in [9.17, 15) is 8.42 Å². The van der Waals surface area contributed by atoms with E-state index in [4.69, 9.17) is 0 Å². The van der Waals surface area contributed by atoms with Crippen molar-refractivity contribution in [3.05, 3.63) is 40.7 Å². The zero-order chi connectivity index (χ0) is 14.2. The first kappa shape index (κ1) is 13.6. The SMILES string of the molecule is Cc1ccc(NS(=O)(=O)c2c(C)n[nH]c2C)cc1C. The van der Waals surface area contributed by atoms with Crippen molar-refractivity contribution in [1.29, 1.82) is 0 Å². The molecule has 2 N–H and O–H groups in total. The lowest BCUT2D eigenvalue weighted by Gasteiger charge is -2.09. The predicted octanol–water partition coefficient (Wildman–Crippen LogP) is 2.44. The van der Waals surface area contributed by atoms with Gasteiger partial charge in [-0.25, -0.2) is 8.42 Å². The molecule has 2 rings (SSSR count). The van der Waals surface area contributed by atoms with Crippen molar-refractivity contribution in [2.75, 3.05) is 4.72 Å². The molecule has 0 unspecified atom stereocenters. The Kier molecular flexibility index (Phi) is 3.36. The molecule has 2 aromatic rings. The number of aryl methyl sites for hydroxylation is 4. The molecule has 0 saturated heterocycles. The highest BCUT2D eigenvalue weighted by Crippen LogP contribution is 2.22. The fourth-order valence-electron chi connectivity index (χ4n) is 1.95. The Hall–Kier alpha value is -1.82. The molecule has 1 aromatic heterocycles. The van der Waals surface area contributed by atoms with Gasteiger partial charge in [0.2, 0.25) is 0 Å². The average molecular weight is 279 g/mol. The number of nitrogens with one attached hydrogen (secondary N) is 2. The third-order valence-corrected chi connectivity index (χ3v) is 4.73. The van der Waals surface area contributed by atoms with E-state index in [0.29, 0.717) is 17.1 Å². The molecule has 0 aliphatic carbocycles. The summed E-state index contributed by atoms with van der Waals surface area (Å²) in [5.41, 5.74) is 3.73. The van der Waals surface area contributed by atoms with Crippen LogP contribution in [0.2, 0.25) is 0 Å². The Balaban J connectivity index is 2.39. The number of rotatable bonds is 3. The topological polar surface area (TPSA) is 74.8 Å². The maximum Gasteiger partial charge on any atom is 0.265 e. The number of hydrogen-bond acceptors (Lipinski definition) is 3. The zero-order valence-electron chi connectivity index (χ0n) is 11.4. The summed E-state index contributed by atoms with van der Waals surface area (Å²) in [6.45, 7) is 7.28. The van der Waals surface area contributed by atoms with Crippen molar-refractivity contribution in [3.63, 3.8) is 0 Å². The lowest BCUT2D eigenvalue weighted by atomic mass is 10.1. The highest BCUT2D eigenvalue weighted by atomic mass is 32.2. The Labute approximate surface area is 113 Å². The summed E-state index contributed by atoms with van der Waals surface area (Å²) in [7, 11) is -3.60. The van der Waals surface area contributed by atoms with Gasteiger partial charge >= 0.3 is 0 Å². The lowest BCUT2D eigenvalue weighted by molar-refractivity contribution is 0.600. The number of sulfonamides is 1. The van der Waals surface area contributed by atoms with Gasteiger partial charge < -0.3 is 0 Å². The van der Waals surface area contributed by atoms with Gasteiger partial charge in [0.05, 0.1) is 11.4 Å². The largest absolute Gasteiger partial charge is 0.281 e. The minimum atomic E-state index is -3.60. The third-order valence-electron chi connectivity index (χ3n) is 3.09. The van der Waals surface area contributed by atoms with Crippen molar-refractivity contribution >= 4 is 15.7 Å². The van der Waals surface area contributed by atoms with Crippen molar-refractivity contribution in [2.24, 2.45) is 0 Å². The van der Waals surface area contributed by atoms with Crippen LogP contribution >= 0.6 is 0 Å². The smallest absolute Gasteiger partial charge is 0.265 e. The van der Waals surface area contributed by atoms with E-state index in [2.05, 4.69) is 14.9 Å². The molecule has 5 nitrogen and oxygen atoms in total. The van der Waals surface area contributed by atoms with E-state index in [-0.39, 0.29) is 4.90 Å². The van der Waals surface area contributed by atoms with Gasteiger partial charge in [0.15, 0.2) is 0 Å². The molecule has 0 atom stereocenters. The summed E-state index contributed by atoms with van der Waals surface area (Å²) in [6, 6.07) is 5.46. The van der Waals surface area contributed by atoms with Crippen molar-refractivity contribution in [1.82, 2.24) is 10.2 Å². The van der Waals surface area contributed by atoms with Gasteiger partial charge in [0.1, 0.15) is 4.90 Å². The maximum absolute atomic E-state index is 12.3. The van der Waals surface area contributed by atoms with Crippen LogP contribution in [0.1, 0.15) is 22.5 Å². The molecule has 0 bridgehead atoms. The zero-order valence-corrected chi connectivity index (χ0v) is 12.2. The summed E-state index contributed by atoms with van der Waals surface area (Å²) in [4.78, 5) is 0.214. The van der Waals surface area contributed by atoms with Crippen LogP contribution < -0.4 is 4.72 Å². The summed E-state index contributed by atoms with van der Waals surface area (Å²) >= 11 is 0. The van der Waals surface area contributed by atoms with Crippen LogP contribution in [-0.4, -0.2) is 18.6 Å². The summed E-state index contributed by atoms with van der Waals surface area (Å²) in [6.07, 6.45) is 0. The maximum atomic E-state index is 12.3. The fourth-order valence-corrected chi connectivity index (χ4v) is 3.37. The summed E-state index contributed by atoms with van der Waals surface area (Å²) in [5, 5.41) is 6.59. The van der Waals surface area contributed by atoms with Crippen LogP contribution in [-0.2, 0) is 10.0 Å². The highest BCUT2D eigenvalue weighted by molar-refractivity contribution is 7.92. The molecule has 0 aliphatic heterocycles. The first-order valence-electron chi connectivity index (χ1n) is 5.93. The van der Waals surface area contributed by atoms with E-state index in [1.54, 1.807) is 19.9 Å². The molecule has 0 fully saturated rings. The molecule has 0 spiro atoms. The third kappa shape index (κ3) is 2.63. The van der Waals surface area contributed by atoms with Crippen LogP contribution in [0.5, 0.6) is 0 Å². The molecule has 102 valence electrons.